The zero-order valence-electron chi connectivity index (χ0n) is 14.3. The fourth-order valence-corrected chi connectivity index (χ4v) is 2.31. The molecule has 25 heavy (non-hydrogen) atoms. The van der Waals surface area contributed by atoms with Gasteiger partial charge in [-0.25, -0.2) is 5.43 Å². The quantitative estimate of drug-likeness (QED) is 0.575. The number of rotatable bonds is 8. The number of hydrogen-bond donors (Lipinski definition) is 1. The Balaban J connectivity index is 1.97. The van der Waals surface area contributed by atoms with Crippen LogP contribution in [0.25, 0.3) is 0 Å². The molecule has 0 spiro atoms. The number of ether oxygens (including phenoxy) is 2. The maximum Gasteiger partial charge on any atom is 0.244 e. The maximum absolute atomic E-state index is 12.1. The van der Waals surface area contributed by atoms with E-state index in [1.165, 1.54) is 0 Å². The molecule has 0 aliphatic rings. The van der Waals surface area contributed by atoms with Gasteiger partial charge in [-0.05, 0) is 42.3 Å². The molecule has 0 aliphatic carbocycles. The van der Waals surface area contributed by atoms with E-state index in [0.29, 0.717) is 22.9 Å². The number of amides is 1. The summed E-state index contributed by atoms with van der Waals surface area (Å²) in [5.74, 6) is 1.12. The number of nitrogens with one attached hydrogen (secondary N) is 1. The Hall–Kier alpha value is -2.53. The minimum atomic E-state index is -0.265. The number of para-hydroxylation sites is 1. The van der Waals surface area contributed by atoms with E-state index in [9.17, 15) is 4.79 Å². The largest absolute Gasteiger partial charge is 0.497 e. The summed E-state index contributed by atoms with van der Waals surface area (Å²) in [6.45, 7) is 2.67. The van der Waals surface area contributed by atoms with Crippen molar-refractivity contribution in [1.29, 1.82) is 0 Å². The van der Waals surface area contributed by atoms with E-state index in [1.807, 2.05) is 31.2 Å². The topological polar surface area (TPSA) is 59.9 Å². The van der Waals surface area contributed by atoms with Crippen molar-refractivity contribution in [3.8, 4) is 11.5 Å². The number of nitrogens with zero attached hydrogens (tertiary/aromatic N) is 1. The van der Waals surface area contributed by atoms with Gasteiger partial charge in [0.25, 0.3) is 0 Å². The van der Waals surface area contributed by atoms with Crippen molar-refractivity contribution < 1.29 is 14.3 Å². The Labute approximate surface area is 152 Å². The second-order valence-electron chi connectivity index (χ2n) is 5.31. The summed E-state index contributed by atoms with van der Waals surface area (Å²) in [7, 11) is 1.56. The lowest BCUT2D eigenvalue weighted by atomic mass is 10.1. The van der Waals surface area contributed by atoms with E-state index in [1.54, 1.807) is 31.5 Å². The molecule has 0 radical (unpaired) electrons. The molecule has 5 nitrogen and oxygen atoms in total. The number of methoxy groups -OCH3 is 1. The molecule has 1 amide bonds. The molecule has 0 bridgehead atoms. The van der Waals surface area contributed by atoms with Crippen LogP contribution in [0.5, 0.6) is 11.5 Å². The van der Waals surface area contributed by atoms with Crippen molar-refractivity contribution >= 4 is 23.7 Å². The molecular formula is C19H21ClN2O3. The van der Waals surface area contributed by atoms with E-state index in [4.69, 9.17) is 21.1 Å². The second kappa shape index (κ2) is 9.69. The van der Waals surface area contributed by atoms with E-state index in [0.717, 1.165) is 17.7 Å². The number of carbonyl (C=O) groups excluding carboxylic acids is 1. The number of benzene rings is 2. The molecule has 0 saturated heterocycles. The van der Waals surface area contributed by atoms with Crippen molar-refractivity contribution in [3.63, 3.8) is 0 Å². The van der Waals surface area contributed by atoms with E-state index in [2.05, 4.69) is 10.5 Å². The third kappa shape index (κ3) is 5.80. The second-order valence-corrected chi connectivity index (χ2v) is 5.72. The third-order valence-electron chi connectivity index (χ3n) is 3.38. The average molecular weight is 361 g/mol. The zero-order chi connectivity index (χ0) is 18.1. The first-order chi connectivity index (χ1) is 12.1. The SMILES string of the molecule is CCCOc1ccccc1/C=N/NC(=O)Cc1cc(OC)ccc1Cl. The van der Waals surface area contributed by atoms with Gasteiger partial charge < -0.3 is 9.47 Å². The molecule has 2 aromatic rings. The van der Waals surface area contributed by atoms with Gasteiger partial charge in [0.1, 0.15) is 11.5 Å². The van der Waals surface area contributed by atoms with Crippen LogP contribution < -0.4 is 14.9 Å². The normalized spacial score (nSPS) is 10.7. The molecule has 2 rings (SSSR count). The highest BCUT2D eigenvalue weighted by molar-refractivity contribution is 6.31. The molecule has 6 heteroatoms. The lowest BCUT2D eigenvalue weighted by Crippen LogP contribution is -2.20. The highest BCUT2D eigenvalue weighted by atomic mass is 35.5. The lowest BCUT2D eigenvalue weighted by molar-refractivity contribution is -0.120. The van der Waals surface area contributed by atoms with Crippen LogP contribution in [0.3, 0.4) is 0 Å². The molecule has 2 aromatic carbocycles. The van der Waals surface area contributed by atoms with Crippen molar-refractivity contribution in [2.24, 2.45) is 5.10 Å². The molecular weight excluding hydrogens is 340 g/mol. The summed E-state index contributed by atoms with van der Waals surface area (Å²) in [6, 6.07) is 12.7. The van der Waals surface area contributed by atoms with E-state index >= 15 is 0 Å². The molecule has 0 heterocycles. The summed E-state index contributed by atoms with van der Waals surface area (Å²) in [5.41, 5.74) is 3.99. The van der Waals surface area contributed by atoms with Crippen LogP contribution >= 0.6 is 11.6 Å². The fourth-order valence-electron chi connectivity index (χ4n) is 2.13. The van der Waals surface area contributed by atoms with Crippen LogP contribution in [-0.4, -0.2) is 25.8 Å². The van der Waals surface area contributed by atoms with Crippen LogP contribution in [0.1, 0.15) is 24.5 Å². The summed E-state index contributed by atoms with van der Waals surface area (Å²) in [6.07, 6.45) is 2.60. The Bertz CT molecular complexity index is 747. The smallest absolute Gasteiger partial charge is 0.244 e. The number of hydrazone groups is 1. The predicted octanol–water partition coefficient (Wildman–Crippen LogP) is 3.83. The summed E-state index contributed by atoms with van der Waals surface area (Å²) in [4.78, 5) is 12.1. The van der Waals surface area contributed by atoms with Crippen molar-refractivity contribution in [3.05, 3.63) is 58.6 Å². The van der Waals surface area contributed by atoms with Crippen LogP contribution in [0.4, 0.5) is 0 Å². The van der Waals surface area contributed by atoms with Crippen molar-refractivity contribution in [1.82, 2.24) is 5.43 Å². The fraction of sp³-hybridized carbons (Fsp3) is 0.263. The van der Waals surface area contributed by atoms with Gasteiger partial charge in [-0.15, -0.1) is 0 Å². The van der Waals surface area contributed by atoms with Gasteiger partial charge in [0, 0.05) is 10.6 Å². The molecule has 0 fully saturated rings. The first kappa shape index (κ1) is 18.8. The minimum absolute atomic E-state index is 0.112. The molecule has 0 aliphatic heterocycles. The summed E-state index contributed by atoms with van der Waals surface area (Å²) >= 11 is 6.11. The first-order valence-electron chi connectivity index (χ1n) is 8.00. The number of carbonyl (C=O) groups is 1. The van der Waals surface area contributed by atoms with Gasteiger partial charge in [0.05, 0.1) is 26.4 Å². The van der Waals surface area contributed by atoms with Crippen LogP contribution in [0, 0.1) is 0 Å². The monoisotopic (exact) mass is 360 g/mol. The third-order valence-corrected chi connectivity index (χ3v) is 3.75. The zero-order valence-corrected chi connectivity index (χ0v) is 15.0. The minimum Gasteiger partial charge on any atom is -0.497 e. The van der Waals surface area contributed by atoms with Gasteiger partial charge >= 0.3 is 0 Å². The Morgan fingerprint density at radius 2 is 2.08 bits per heavy atom. The lowest BCUT2D eigenvalue weighted by Gasteiger charge is -2.08. The molecule has 132 valence electrons. The van der Waals surface area contributed by atoms with Gasteiger partial charge in [-0.3, -0.25) is 4.79 Å². The van der Waals surface area contributed by atoms with Gasteiger partial charge in [-0.2, -0.15) is 5.10 Å². The summed E-state index contributed by atoms with van der Waals surface area (Å²) in [5, 5.41) is 4.51. The van der Waals surface area contributed by atoms with Crippen LogP contribution in [0.2, 0.25) is 5.02 Å². The predicted molar refractivity (Wildman–Crippen MR) is 99.7 cm³/mol. The molecule has 0 unspecified atom stereocenters. The van der Waals surface area contributed by atoms with Crippen molar-refractivity contribution in [2.45, 2.75) is 19.8 Å². The summed E-state index contributed by atoms with van der Waals surface area (Å²) < 4.78 is 10.8. The Morgan fingerprint density at radius 3 is 2.84 bits per heavy atom. The molecule has 0 atom stereocenters. The van der Waals surface area contributed by atoms with Crippen LogP contribution in [-0.2, 0) is 11.2 Å². The van der Waals surface area contributed by atoms with E-state index in [-0.39, 0.29) is 12.3 Å². The van der Waals surface area contributed by atoms with E-state index < -0.39 is 0 Å². The molecule has 1 N–H and O–H groups in total. The number of hydrogen-bond acceptors (Lipinski definition) is 4. The Morgan fingerprint density at radius 1 is 1.28 bits per heavy atom. The number of halogens is 1. The maximum atomic E-state index is 12.1. The Kier molecular flexibility index (Phi) is 7.29. The van der Waals surface area contributed by atoms with Crippen molar-refractivity contribution in [2.75, 3.05) is 13.7 Å². The standard InChI is InChI=1S/C19H21ClN2O3/c1-3-10-25-18-7-5-4-6-14(18)13-21-22-19(23)12-15-11-16(24-2)8-9-17(15)20/h4-9,11,13H,3,10,12H2,1-2H3,(H,22,23)/b21-13+. The van der Waals surface area contributed by atoms with Gasteiger partial charge in [0.2, 0.25) is 5.91 Å². The van der Waals surface area contributed by atoms with Gasteiger partial charge in [-0.1, -0.05) is 30.7 Å². The van der Waals surface area contributed by atoms with Gasteiger partial charge in [0.15, 0.2) is 0 Å². The molecule has 0 aromatic heterocycles. The highest BCUT2D eigenvalue weighted by Crippen LogP contribution is 2.22. The average Bonchev–Trinajstić information content (AvgIpc) is 2.62. The highest BCUT2D eigenvalue weighted by Gasteiger charge is 2.08. The molecule has 0 saturated carbocycles. The first-order valence-corrected chi connectivity index (χ1v) is 8.38. The van der Waals surface area contributed by atoms with Crippen LogP contribution in [0.15, 0.2) is 47.6 Å².